The molecule has 0 spiro atoms. The van der Waals surface area contributed by atoms with E-state index in [1.165, 1.54) is 21.5 Å². The van der Waals surface area contributed by atoms with Gasteiger partial charge in [0.15, 0.2) is 0 Å². The highest BCUT2D eigenvalue weighted by Gasteiger charge is 2.25. The molecule has 0 radical (unpaired) electrons. The number of rotatable bonds is 2. The number of fused-ring (bicyclic) bond motifs is 16. The summed E-state index contributed by atoms with van der Waals surface area (Å²) < 4.78 is 15.1. The number of aromatic nitrogens is 3. The molecule has 0 amide bonds. The van der Waals surface area contributed by atoms with E-state index in [-0.39, 0.29) is 0 Å². The fourth-order valence-electron chi connectivity index (χ4n) is 8.44. The Balaban J connectivity index is 1.27. The molecule has 4 heterocycles. The minimum atomic E-state index is 0.612. The normalized spacial score (nSPS) is 12.3. The first kappa shape index (κ1) is 26.9. The lowest BCUT2D eigenvalue weighted by Crippen LogP contribution is -2.04. The summed E-state index contributed by atoms with van der Waals surface area (Å²) in [7, 11) is 0. The Labute approximate surface area is 289 Å². The summed E-state index contributed by atoms with van der Waals surface area (Å²) in [6.45, 7) is 0. The molecular weight excluding hydrogens is 627 g/mol. The summed E-state index contributed by atoms with van der Waals surface area (Å²) in [4.78, 5) is 10.8. The number of hydrogen-bond acceptors (Lipinski definition) is 4. The van der Waals surface area contributed by atoms with Gasteiger partial charge in [-0.2, -0.15) is 0 Å². The van der Waals surface area contributed by atoms with Gasteiger partial charge in [-0.1, -0.05) is 109 Å². The third kappa shape index (κ3) is 3.59. The van der Waals surface area contributed by atoms with Crippen LogP contribution >= 0.6 is 0 Å². The Morgan fingerprint density at radius 1 is 0.392 bits per heavy atom. The van der Waals surface area contributed by atoms with Gasteiger partial charge < -0.3 is 8.83 Å². The summed E-state index contributed by atoms with van der Waals surface area (Å²) in [5, 5.41) is 12.4. The topological polar surface area (TPSA) is 57.0 Å². The van der Waals surface area contributed by atoms with Gasteiger partial charge >= 0.3 is 0 Å². The molecule has 5 nitrogen and oxygen atoms in total. The summed E-state index contributed by atoms with van der Waals surface area (Å²) in [5.74, 6) is 0.612. The van der Waals surface area contributed by atoms with Gasteiger partial charge in [0.05, 0.1) is 22.2 Å². The summed E-state index contributed by atoms with van der Waals surface area (Å²) >= 11 is 0. The number of nitrogens with zero attached hydrogens (tertiary/aromatic N) is 3. The van der Waals surface area contributed by atoms with Gasteiger partial charge in [-0.05, 0) is 58.6 Å². The van der Waals surface area contributed by atoms with E-state index in [0.29, 0.717) is 5.95 Å². The number of para-hydroxylation sites is 3. The Morgan fingerprint density at radius 2 is 1.00 bits per heavy atom. The monoisotopic (exact) mass is 651 g/mol. The fraction of sp³-hybridized carbons (Fsp3) is 0. The van der Waals surface area contributed by atoms with Crippen molar-refractivity contribution in [2.45, 2.75) is 0 Å². The van der Waals surface area contributed by atoms with Crippen molar-refractivity contribution in [3.63, 3.8) is 0 Å². The lowest BCUT2D eigenvalue weighted by atomic mass is 9.95. The van der Waals surface area contributed by atoms with Crippen LogP contribution in [0.15, 0.2) is 160 Å². The molecule has 0 bridgehead atoms. The minimum absolute atomic E-state index is 0.612. The van der Waals surface area contributed by atoms with Gasteiger partial charge in [0.25, 0.3) is 0 Å². The standard InChI is InChI=1S/C46H25N3O2/c1-3-14-31-27(11-1)28-12-2-4-15-32(28)45-42(31)43-36(23-24-39-41(43)34-17-7-10-20-38(34)50-39)49(45)46-47-35-18-8-5-16-33(35)44(48-46)26-21-22-30-29-13-6-9-19-37(29)51-40(30)25-26/h1-25H. The maximum absolute atomic E-state index is 6.47. The molecule has 0 saturated carbocycles. The Kier molecular flexibility index (Phi) is 5.17. The third-order valence-corrected chi connectivity index (χ3v) is 10.6. The van der Waals surface area contributed by atoms with Gasteiger partial charge in [0.2, 0.25) is 5.95 Å². The molecule has 0 fully saturated rings. The van der Waals surface area contributed by atoms with Crippen molar-refractivity contribution in [1.82, 2.24) is 14.5 Å². The summed E-state index contributed by atoms with van der Waals surface area (Å²) in [6.07, 6.45) is 0. The van der Waals surface area contributed by atoms with E-state index in [1.807, 2.05) is 36.4 Å². The van der Waals surface area contributed by atoms with E-state index < -0.39 is 0 Å². The van der Waals surface area contributed by atoms with Crippen molar-refractivity contribution in [2.75, 3.05) is 0 Å². The van der Waals surface area contributed by atoms with E-state index in [1.54, 1.807) is 0 Å². The maximum Gasteiger partial charge on any atom is 0.235 e. The lowest BCUT2D eigenvalue weighted by Gasteiger charge is -2.13. The Morgan fingerprint density at radius 3 is 1.82 bits per heavy atom. The van der Waals surface area contributed by atoms with Crippen LogP contribution in [0.5, 0.6) is 0 Å². The first-order chi connectivity index (χ1) is 25.3. The molecule has 12 aromatic rings. The van der Waals surface area contributed by atoms with Gasteiger partial charge in [0.1, 0.15) is 22.3 Å². The van der Waals surface area contributed by atoms with E-state index >= 15 is 0 Å². The summed E-state index contributed by atoms with van der Waals surface area (Å²) in [5.41, 5.74) is 8.24. The molecule has 0 aliphatic heterocycles. The highest BCUT2D eigenvalue weighted by molar-refractivity contribution is 6.37. The number of hydrogen-bond donors (Lipinski definition) is 0. The molecule has 0 aliphatic carbocycles. The quantitative estimate of drug-likeness (QED) is 0.175. The number of furan rings is 2. The predicted molar refractivity (Wildman–Crippen MR) is 209 cm³/mol. The molecule has 51 heavy (non-hydrogen) atoms. The van der Waals surface area contributed by atoms with Crippen LogP contribution in [0.25, 0.3) is 115 Å². The van der Waals surface area contributed by atoms with Crippen molar-refractivity contribution in [3.8, 4) is 17.2 Å². The highest BCUT2D eigenvalue weighted by atomic mass is 16.3. The summed E-state index contributed by atoms with van der Waals surface area (Å²) in [6, 6.07) is 52.9. The molecule has 12 rings (SSSR count). The van der Waals surface area contributed by atoms with Crippen LogP contribution < -0.4 is 0 Å². The molecule has 8 aromatic carbocycles. The van der Waals surface area contributed by atoms with Crippen LogP contribution in [0.1, 0.15) is 0 Å². The smallest absolute Gasteiger partial charge is 0.235 e. The molecule has 0 unspecified atom stereocenters. The van der Waals surface area contributed by atoms with Crippen molar-refractivity contribution >= 4 is 98.1 Å². The van der Waals surface area contributed by atoms with Crippen molar-refractivity contribution in [2.24, 2.45) is 0 Å². The molecule has 4 aromatic heterocycles. The van der Waals surface area contributed by atoms with Crippen LogP contribution in [0.4, 0.5) is 0 Å². The van der Waals surface area contributed by atoms with Crippen molar-refractivity contribution < 1.29 is 8.83 Å². The minimum Gasteiger partial charge on any atom is -0.456 e. The zero-order chi connectivity index (χ0) is 33.2. The first-order valence-corrected chi connectivity index (χ1v) is 17.2. The molecule has 0 atom stereocenters. The SMILES string of the molecule is c1ccc2c(-c3ccc4c(c3)oc3ccccc34)nc(-n3c4ccc5oc6ccccc6c5c4c4c5ccccc5c5ccccc5c43)nc2c1. The van der Waals surface area contributed by atoms with Gasteiger partial charge in [-0.25, -0.2) is 9.97 Å². The van der Waals surface area contributed by atoms with Crippen molar-refractivity contribution in [1.29, 1.82) is 0 Å². The van der Waals surface area contributed by atoms with E-state index in [2.05, 4.69) is 120 Å². The molecule has 236 valence electrons. The maximum atomic E-state index is 6.47. The Hall–Kier alpha value is -6.98. The van der Waals surface area contributed by atoms with Crippen molar-refractivity contribution in [3.05, 3.63) is 152 Å². The van der Waals surface area contributed by atoms with E-state index in [9.17, 15) is 0 Å². The average molecular weight is 652 g/mol. The van der Waals surface area contributed by atoms with Gasteiger partial charge in [0, 0.05) is 48.7 Å². The third-order valence-electron chi connectivity index (χ3n) is 10.6. The fourth-order valence-corrected chi connectivity index (χ4v) is 8.44. The highest BCUT2D eigenvalue weighted by Crippen LogP contribution is 2.46. The van der Waals surface area contributed by atoms with Crippen LogP contribution in [-0.2, 0) is 0 Å². The zero-order valence-electron chi connectivity index (χ0n) is 27.1. The second-order valence-electron chi connectivity index (χ2n) is 13.3. The molecular formula is C46H25N3O2. The molecule has 0 saturated heterocycles. The number of benzene rings is 8. The first-order valence-electron chi connectivity index (χ1n) is 17.2. The van der Waals surface area contributed by atoms with Crippen LogP contribution in [0.2, 0.25) is 0 Å². The molecule has 0 aliphatic rings. The second-order valence-corrected chi connectivity index (χ2v) is 13.3. The van der Waals surface area contributed by atoms with Crippen LogP contribution in [0, 0.1) is 0 Å². The van der Waals surface area contributed by atoms with Crippen LogP contribution in [0.3, 0.4) is 0 Å². The Bertz CT molecular complexity index is 3440. The van der Waals surface area contributed by atoms with Gasteiger partial charge in [-0.3, -0.25) is 4.57 Å². The second kappa shape index (κ2) is 9.80. The largest absolute Gasteiger partial charge is 0.456 e. The van der Waals surface area contributed by atoms with Crippen LogP contribution in [-0.4, -0.2) is 14.5 Å². The lowest BCUT2D eigenvalue weighted by molar-refractivity contribution is 0.669. The average Bonchev–Trinajstić information content (AvgIpc) is 3.87. The molecule has 5 heteroatoms. The van der Waals surface area contributed by atoms with E-state index in [0.717, 1.165) is 87.8 Å². The van der Waals surface area contributed by atoms with E-state index in [4.69, 9.17) is 18.8 Å². The predicted octanol–water partition coefficient (Wildman–Crippen LogP) is 12.5. The van der Waals surface area contributed by atoms with Gasteiger partial charge in [-0.15, -0.1) is 0 Å². The zero-order valence-corrected chi connectivity index (χ0v) is 27.1. The molecule has 0 N–H and O–H groups in total.